The van der Waals surface area contributed by atoms with E-state index in [4.69, 9.17) is 17.3 Å². The van der Waals surface area contributed by atoms with Crippen molar-refractivity contribution in [2.24, 2.45) is 5.73 Å². The van der Waals surface area contributed by atoms with E-state index in [9.17, 15) is 0 Å². The molecule has 0 saturated heterocycles. The van der Waals surface area contributed by atoms with E-state index in [-0.39, 0.29) is 17.2 Å². The third-order valence-corrected chi connectivity index (χ3v) is 4.15. The van der Waals surface area contributed by atoms with Gasteiger partial charge in [-0.15, -0.1) is 0 Å². The smallest absolute Gasteiger partial charge is 0.260 e. The monoisotopic (exact) mass is 366 g/mol. The first kappa shape index (κ1) is 17.2. The van der Waals surface area contributed by atoms with E-state index in [1.807, 2.05) is 13.8 Å². The molecule has 0 aliphatic rings. The average Bonchev–Trinajstić information content (AvgIpc) is 2.14. The second kappa shape index (κ2) is 9.01. The third kappa shape index (κ3) is 6.27. The maximum absolute atomic E-state index is 5.93. The van der Waals surface area contributed by atoms with Crippen molar-refractivity contribution in [2.45, 2.75) is 31.5 Å². The first-order chi connectivity index (χ1) is 6.02. The van der Waals surface area contributed by atoms with Crippen molar-refractivity contribution < 1.29 is 17.4 Å². The van der Waals surface area contributed by atoms with Crippen LogP contribution in [0.4, 0.5) is 0 Å². The van der Waals surface area contributed by atoms with E-state index in [0.717, 1.165) is 17.3 Å². The largest absolute Gasteiger partial charge is 1.00 e. The quantitative estimate of drug-likeness (QED) is 0.279. The van der Waals surface area contributed by atoms with Crippen LogP contribution < -0.4 is 23.1 Å². The van der Waals surface area contributed by atoms with Gasteiger partial charge in [-0.25, -0.2) is 4.99 Å². The van der Waals surface area contributed by atoms with Crippen LogP contribution in [0, 0.1) is 0 Å². The second-order valence-electron chi connectivity index (χ2n) is 2.53. The minimum atomic E-state index is 0. The zero-order chi connectivity index (χ0) is 10.4. The first-order valence-corrected chi connectivity index (χ1v) is 6.19. The molecule has 14 heavy (non-hydrogen) atoms. The standard InChI is InChI=1S/C8H13Br2ClN2.ClH/c1-3-5(9)7(11)13-8(12)6(10)4-2;/h6H,3-4H2,1-2H3,(H2,12,13);1H/b7-5+;. The van der Waals surface area contributed by atoms with Crippen LogP contribution in [0.2, 0.25) is 0 Å². The van der Waals surface area contributed by atoms with E-state index >= 15 is 0 Å². The van der Waals surface area contributed by atoms with Gasteiger partial charge in [0.25, 0.3) is 5.84 Å². The summed E-state index contributed by atoms with van der Waals surface area (Å²) in [7, 11) is 0. The second-order valence-corrected chi connectivity index (χ2v) is 4.97. The Morgan fingerprint density at radius 3 is 2.36 bits per heavy atom. The van der Waals surface area contributed by atoms with Crippen LogP contribution in [-0.2, 0) is 0 Å². The molecule has 0 rings (SSSR count). The molecule has 0 aliphatic carbocycles. The molecule has 0 bridgehead atoms. The summed E-state index contributed by atoms with van der Waals surface area (Å²) in [6.07, 6.45) is 1.77. The molecule has 0 spiro atoms. The number of nitrogens with two attached hydrogens (primary N) is 1. The predicted molar refractivity (Wildman–Crippen MR) is 65.3 cm³/mol. The molecule has 0 aromatic rings. The van der Waals surface area contributed by atoms with Crippen molar-refractivity contribution in [3.63, 3.8) is 0 Å². The van der Waals surface area contributed by atoms with Gasteiger partial charge in [0.15, 0.2) is 0 Å². The molecule has 0 amide bonds. The molecule has 0 aromatic carbocycles. The number of amidine groups is 1. The van der Waals surface area contributed by atoms with Crippen molar-refractivity contribution in [3.8, 4) is 0 Å². The third-order valence-electron chi connectivity index (χ3n) is 1.50. The van der Waals surface area contributed by atoms with Gasteiger partial charge in [0, 0.05) is 0 Å². The van der Waals surface area contributed by atoms with Gasteiger partial charge >= 0.3 is 0 Å². The van der Waals surface area contributed by atoms with Crippen molar-refractivity contribution in [1.29, 1.82) is 0 Å². The van der Waals surface area contributed by atoms with E-state index in [1.54, 1.807) is 0 Å². The van der Waals surface area contributed by atoms with Gasteiger partial charge in [0.2, 0.25) is 5.16 Å². The molecular formula is C8H14Br2Cl2N2. The SMILES string of the molecule is CC/C(Br)=C(Cl)\[NH+]=C(\N)C(Br)CC.[Cl-]. The Balaban J connectivity index is 0. The highest BCUT2D eigenvalue weighted by molar-refractivity contribution is 9.11. The molecule has 0 heterocycles. The Morgan fingerprint density at radius 2 is 2.00 bits per heavy atom. The number of hydrogen-bond acceptors (Lipinski definition) is 0. The van der Waals surface area contributed by atoms with Crippen LogP contribution >= 0.6 is 43.5 Å². The molecule has 0 radical (unpaired) electrons. The molecule has 1 atom stereocenters. The van der Waals surface area contributed by atoms with Crippen LogP contribution in [0.1, 0.15) is 26.7 Å². The predicted octanol–water partition coefficient (Wildman–Crippen LogP) is -1.19. The molecule has 1 unspecified atom stereocenters. The highest BCUT2D eigenvalue weighted by atomic mass is 79.9. The Hall–Kier alpha value is 0.750. The van der Waals surface area contributed by atoms with Crippen molar-refractivity contribution in [2.75, 3.05) is 0 Å². The van der Waals surface area contributed by atoms with E-state index in [2.05, 4.69) is 36.9 Å². The topological polar surface area (TPSA) is 40.0 Å². The summed E-state index contributed by atoms with van der Waals surface area (Å²) in [5.74, 6) is 0.637. The van der Waals surface area contributed by atoms with E-state index < -0.39 is 0 Å². The van der Waals surface area contributed by atoms with Crippen molar-refractivity contribution in [3.05, 3.63) is 9.64 Å². The van der Waals surface area contributed by atoms with Gasteiger partial charge in [-0.2, -0.15) is 0 Å². The molecule has 0 fully saturated rings. The first-order valence-electron chi connectivity index (χ1n) is 4.10. The molecule has 0 saturated carbocycles. The van der Waals surface area contributed by atoms with Gasteiger partial charge < -0.3 is 12.4 Å². The Bertz CT molecular complexity index is 229. The number of nitrogens with one attached hydrogen (secondary N) is 1. The molecule has 2 nitrogen and oxygen atoms in total. The van der Waals surface area contributed by atoms with E-state index in [0.29, 0.717) is 11.0 Å². The van der Waals surface area contributed by atoms with E-state index in [1.165, 1.54) is 0 Å². The molecule has 6 heteroatoms. The maximum atomic E-state index is 5.93. The highest BCUT2D eigenvalue weighted by Crippen LogP contribution is 2.13. The number of hydrogen-bond donors (Lipinski definition) is 2. The van der Waals surface area contributed by atoms with Crippen LogP contribution in [-0.4, -0.2) is 10.7 Å². The number of rotatable bonds is 4. The Labute approximate surface area is 113 Å². The number of halogens is 4. The molecule has 0 aliphatic heterocycles. The van der Waals surface area contributed by atoms with Gasteiger partial charge in [-0.05, 0) is 24.4 Å². The van der Waals surface area contributed by atoms with Gasteiger partial charge in [0.1, 0.15) is 4.83 Å². The van der Waals surface area contributed by atoms with Crippen molar-refractivity contribution >= 4 is 49.3 Å². The molecule has 3 N–H and O–H groups in total. The molecule has 84 valence electrons. The Kier molecular flexibility index (Phi) is 11.0. The number of allylic oxidation sites excluding steroid dienone is 1. The highest BCUT2D eigenvalue weighted by Gasteiger charge is 2.12. The molecular weight excluding hydrogens is 355 g/mol. The minimum absolute atomic E-state index is 0. The lowest BCUT2D eigenvalue weighted by molar-refractivity contribution is -0.386. The minimum Gasteiger partial charge on any atom is -1.00 e. The lowest BCUT2D eigenvalue weighted by Gasteiger charge is -2.00. The zero-order valence-corrected chi connectivity index (χ0v) is 12.8. The molecule has 0 aromatic heterocycles. The normalized spacial score (nSPS) is 15.6. The average molecular weight is 369 g/mol. The summed E-state index contributed by atoms with van der Waals surface area (Å²) in [5.41, 5.74) is 5.74. The van der Waals surface area contributed by atoms with Gasteiger partial charge in [-0.1, -0.05) is 45.7 Å². The van der Waals surface area contributed by atoms with Gasteiger partial charge in [-0.3, -0.25) is 5.73 Å². The fourth-order valence-corrected chi connectivity index (χ4v) is 1.10. The van der Waals surface area contributed by atoms with Crippen LogP contribution in [0.5, 0.6) is 0 Å². The van der Waals surface area contributed by atoms with Crippen LogP contribution in [0.15, 0.2) is 9.64 Å². The summed E-state index contributed by atoms with van der Waals surface area (Å²) in [4.78, 5) is 3.08. The lowest BCUT2D eigenvalue weighted by atomic mass is 10.3. The fraction of sp³-hybridized carbons (Fsp3) is 0.625. The van der Waals surface area contributed by atoms with Gasteiger partial charge in [0.05, 0.1) is 4.48 Å². The maximum Gasteiger partial charge on any atom is 0.260 e. The van der Waals surface area contributed by atoms with Crippen LogP contribution in [0.25, 0.3) is 0 Å². The number of alkyl halides is 1. The fourth-order valence-electron chi connectivity index (χ4n) is 0.648. The summed E-state index contributed by atoms with van der Waals surface area (Å²) in [6, 6.07) is 0. The Morgan fingerprint density at radius 1 is 1.50 bits per heavy atom. The lowest BCUT2D eigenvalue weighted by Crippen LogP contribution is -3.00. The summed E-state index contributed by atoms with van der Waals surface area (Å²) in [6.45, 7) is 4.05. The van der Waals surface area contributed by atoms with Crippen molar-refractivity contribution in [1.82, 2.24) is 0 Å². The summed E-state index contributed by atoms with van der Waals surface area (Å²) < 4.78 is 0.924. The zero-order valence-electron chi connectivity index (χ0n) is 8.08. The van der Waals surface area contributed by atoms with Crippen LogP contribution in [0.3, 0.4) is 0 Å². The summed E-state index contributed by atoms with van der Waals surface area (Å²) in [5, 5.41) is 0.554. The summed E-state index contributed by atoms with van der Waals surface area (Å²) >= 11 is 12.7.